The average Bonchev–Trinajstić information content (AvgIpc) is 3.19. The number of hydrogen-bond acceptors (Lipinski definition) is 6. The van der Waals surface area contributed by atoms with Gasteiger partial charge in [0.25, 0.3) is 0 Å². The standard InChI is InChI=1S/C19H14ClN3O2S/c1-25-16-7-6-12(20)9-15(16)22-19-23-18(24)17(26-19)8-11-10-21-14-5-3-2-4-13(11)14/h2-10,24H,1H3,(H,22,23). The van der Waals surface area contributed by atoms with Gasteiger partial charge in [-0.2, -0.15) is 4.98 Å². The number of para-hydroxylation sites is 1. The third-order valence-corrected chi connectivity index (χ3v) is 5.02. The zero-order valence-electron chi connectivity index (χ0n) is 13.7. The summed E-state index contributed by atoms with van der Waals surface area (Å²) in [6.07, 6.45) is 3.67. The van der Waals surface area contributed by atoms with E-state index in [2.05, 4.69) is 15.3 Å². The molecule has 5 nitrogen and oxygen atoms in total. The van der Waals surface area contributed by atoms with E-state index in [1.54, 1.807) is 31.5 Å². The molecule has 0 spiro atoms. The number of hydrogen-bond donors (Lipinski definition) is 2. The molecular formula is C19H14ClN3O2S. The number of ether oxygens (including phenoxy) is 1. The van der Waals surface area contributed by atoms with Gasteiger partial charge in [-0.05, 0) is 30.3 Å². The van der Waals surface area contributed by atoms with Crippen LogP contribution in [0.15, 0.2) is 47.5 Å². The second-order valence-corrected chi connectivity index (χ2v) is 7.02. The Morgan fingerprint density at radius 3 is 2.92 bits per heavy atom. The van der Waals surface area contributed by atoms with E-state index >= 15 is 0 Å². The van der Waals surface area contributed by atoms with Gasteiger partial charge in [0.15, 0.2) is 5.13 Å². The SMILES string of the molecule is COc1ccc(Cl)cc1Nc1nc(O)c(C=C2C=Nc3ccccc32)s1. The van der Waals surface area contributed by atoms with E-state index in [9.17, 15) is 5.11 Å². The molecule has 4 rings (SSSR count). The molecule has 2 heterocycles. The van der Waals surface area contributed by atoms with Crippen molar-refractivity contribution in [2.24, 2.45) is 4.99 Å². The summed E-state index contributed by atoms with van der Waals surface area (Å²) in [5.41, 5.74) is 3.57. The van der Waals surface area contributed by atoms with Gasteiger partial charge in [0.1, 0.15) is 5.75 Å². The number of fused-ring (bicyclic) bond motifs is 1. The van der Waals surface area contributed by atoms with Gasteiger partial charge in [0.2, 0.25) is 5.88 Å². The Labute approximate surface area is 159 Å². The Balaban J connectivity index is 1.64. The molecule has 3 aromatic rings. The van der Waals surface area contributed by atoms with Crippen LogP contribution >= 0.6 is 22.9 Å². The minimum Gasteiger partial charge on any atom is -0.495 e. The van der Waals surface area contributed by atoms with Crippen molar-refractivity contribution in [1.29, 1.82) is 0 Å². The minimum atomic E-state index is -0.0382. The fourth-order valence-corrected chi connectivity index (χ4v) is 3.66. The molecule has 0 amide bonds. The van der Waals surface area contributed by atoms with Gasteiger partial charge in [-0.15, -0.1) is 0 Å². The van der Waals surface area contributed by atoms with Crippen LogP contribution in [0.4, 0.5) is 16.5 Å². The summed E-state index contributed by atoms with van der Waals surface area (Å²) in [5, 5.41) is 14.5. The second-order valence-electron chi connectivity index (χ2n) is 5.55. The summed E-state index contributed by atoms with van der Waals surface area (Å²) in [5.74, 6) is 0.602. The van der Waals surface area contributed by atoms with Gasteiger partial charge >= 0.3 is 0 Å². The lowest BCUT2D eigenvalue weighted by Crippen LogP contribution is -1.93. The first-order chi connectivity index (χ1) is 12.6. The first-order valence-electron chi connectivity index (χ1n) is 7.79. The van der Waals surface area contributed by atoms with Crippen molar-refractivity contribution in [2.75, 3.05) is 12.4 Å². The minimum absolute atomic E-state index is 0.0382. The summed E-state index contributed by atoms with van der Waals surface area (Å²) in [4.78, 5) is 9.21. The fraction of sp³-hybridized carbons (Fsp3) is 0.0526. The molecule has 0 aliphatic carbocycles. The lowest BCUT2D eigenvalue weighted by Gasteiger charge is -2.08. The number of aliphatic imine (C=N–C) groups is 1. The number of aromatic nitrogens is 1. The molecule has 0 unspecified atom stereocenters. The molecule has 0 fully saturated rings. The van der Waals surface area contributed by atoms with E-state index in [1.165, 1.54) is 11.3 Å². The van der Waals surface area contributed by atoms with Gasteiger partial charge in [-0.3, -0.25) is 4.99 Å². The number of nitrogens with zero attached hydrogens (tertiary/aromatic N) is 2. The predicted octanol–water partition coefficient (Wildman–Crippen LogP) is 5.51. The molecule has 2 aromatic carbocycles. The number of anilines is 2. The topological polar surface area (TPSA) is 66.7 Å². The van der Waals surface area contributed by atoms with Crippen LogP contribution < -0.4 is 10.1 Å². The maximum Gasteiger partial charge on any atom is 0.231 e. The number of aromatic hydroxyl groups is 1. The van der Waals surface area contributed by atoms with E-state index < -0.39 is 0 Å². The molecule has 1 aromatic heterocycles. The van der Waals surface area contributed by atoms with E-state index in [0.717, 1.165) is 16.8 Å². The van der Waals surface area contributed by atoms with Gasteiger partial charge in [-0.1, -0.05) is 41.1 Å². The number of methoxy groups -OCH3 is 1. The normalized spacial score (nSPS) is 13.8. The number of thiazole rings is 1. The maximum atomic E-state index is 10.2. The monoisotopic (exact) mass is 383 g/mol. The summed E-state index contributed by atoms with van der Waals surface area (Å²) in [7, 11) is 1.58. The highest BCUT2D eigenvalue weighted by Crippen LogP contribution is 2.38. The van der Waals surface area contributed by atoms with Gasteiger partial charge in [-0.25, -0.2) is 0 Å². The van der Waals surface area contributed by atoms with Crippen molar-refractivity contribution in [3.8, 4) is 11.6 Å². The first kappa shape index (κ1) is 16.6. The lowest BCUT2D eigenvalue weighted by molar-refractivity contribution is 0.417. The third-order valence-electron chi connectivity index (χ3n) is 3.88. The Bertz CT molecular complexity index is 1040. The Kier molecular flexibility index (Phi) is 4.36. The maximum absolute atomic E-state index is 10.2. The molecule has 0 bridgehead atoms. The molecule has 1 aliphatic heterocycles. The molecule has 0 saturated heterocycles. The highest BCUT2D eigenvalue weighted by atomic mass is 35.5. The van der Waals surface area contributed by atoms with E-state index in [-0.39, 0.29) is 5.88 Å². The van der Waals surface area contributed by atoms with Crippen LogP contribution in [0.25, 0.3) is 11.6 Å². The average molecular weight is 384 g/mol. The summed E-state index contributed by atoms with van der Waals surface area (Å²) in [6, 6.07) is 13.1. The number of nitrogens with one attached hydrogen (secondary N) is 1. The number of rotatable bonds is 4. The number of benzene rings is 2. The van der Waals surface area contributed by atoms with Crippen LogP contribution in [-0.4, -0.2) is 23.4 Å². The summed E-state index contributed by atoms with van der Waals surface area (Å²) in [6.45, 7) is 0. The Hall–Kier alpha value is -2.83. The molecule has 7 heteroatoms. The van der Waals surface area contributed by atoms with Crippen LogP contribution in [0.1, 0.15) is 10.4 Å². The van der Waals surface area contributed by atoms with E-state index in [0.29, 0.717) is 26.5 Å². The molecule has 0 radical (unpaired) electrons. The highest BCUT2D eigenvalue weighted by molar-refractivity contribution is 7.16. The number of halogens is 1. The quantitative estimate of drug-likeness (QED) is 0.623. The van der Waals surface area contributed by atoms with Crippen LogP contribution in [0, 0.1) is 0 Å². The van der Waals surface area contributed by atoms with Gasteiger partial charge in [0.05, 0.1) is 23.4 Å². The lowest BCUT2D eigenvalue weighted by atomic mass is 10.1. The largest absolute Gasteiger partial charge is 0.495 e. The van der Waals surface area contributed by atoms with Gasteiger partial charge in [0, 0.05) is 22.4 Å². The predicted molar refractivity (Wildman–Crippen MR) is 108 cm³/mol. The Morgan fingerprint density at radius 1 is 1.23 bits per heavy atom. The first-order valence-corrected chi connectivity index (χ1v) is 8.99. The summed E-state index contributed by atoms with van der Waals surface area (Å²) >= 11 is 7.38. The molecule has 2 N–H and O–H groups in total. The Morgan fingerprint density at radius 2 is 2.08 bits per heavy atom. The van der Waals surface area contributed by atoms with Crippen molar-refractivity contribution in [1.82, 2.24) is 4.98 Å². The second kappa shape index (κ2) is 6.82. The van der Waals surface area contributed by atoms with Crippen LogP contribution in [0.5, 0.6) is 11.6 Å². The number of allylic oxidation sites excluding steroid dienone is 1. The summed E-state index contributed by atoms with van der Waals surface area (Å²) < 4.78 is 5.32. The molecule has 1 aliphatic rings. The van der Waals surface area contributed by atoms with E-state index in [4.69, 9.17) is 16.3 Å². The molecule has 26 heavy (non-hydrogen) atoms. The third kappa shape index (κ3) is 3.16. The molecule has 0 atom stereocenters. The van der Waals surface area contributed by atoms with Crippen molar-refractivity contribution >= 4 is 57.3 Å². The molecular weight excluding hydrogens is 370 g/mol. The van der Waals surface area contributed by atoms with E-state index in [1.807, 2.05) is 30.3 Å². The molecule has 130 valence electrons. The van der Waals surface area contributed by atoms with Crippen molar-refractivity contribution in [3.63, 3.8) is 0 Å². The molecule has 0 saturated carbocycles. The van der Waals surface area contributed by atoms with Crippen molar-refractivity contribution < 1.29 is 9.84 Å². The zero-order chi connectivity index (χ0) is 18.1. The van der Waals surface area contributed by atoms with Crippen molar-refractivity contribution in [2.45, 2.75) is 0 Å². The van der Waals surface area contributed by atoms with Crippen LogP contribution in [0.3, 0.4) is 0 Å². The van der Waals surface area contributed by atoms with Crippen molar-refractivity contribution in [3.05, 3.63) is 57.9 Å². The van der Waals surface area contributed by atoms with Crippen LogP contribution in [0.2, 0.25) is 5.02 Å². The van der Waals surface area contributed by atoms with Gasteiger partial charge < -0.3 is 15.2 Å². The smallest absolute Gasteiger partial charge is 0.231 e. The highest BCUT2D eigenvalue weighted by Gasteiger charge is 2.15. The van der Waals surface area contributed by atoms with Crippen LogP contribution in [-0.2, 0) is 0 Å². The fourth-order valence-electron chi connectivity index (χ4n) is 2.66. The zero-order valence-corrected chi connectivity index (χ0v) is 15.3.